The molecule has 164 valence electrons. The minimum absolute atomic E-state index is 0.0661. The van der Waals surface area contributed by atoms with E-state index in [9.17, 15) is 14.2 Å². The smallest absolute Gasteiger partial charge is 0.368 e. The second-order valence-corrected chi connectivity index (χ2v) is 9.22. The Morgan fingerprint density at radius 3 is 1.97 bits per heavy atom. The first-order valence-electron chi connectivity index (χ1n) is 9.53. The van der Waals surface area contributed by atoms with Crippen molar-refractivity contribution in [3.8, 4) is 17.1 Å². The number of rotatable bonds is 8. The summed E-state index contributed by atoms with van der Waals surface area (Å²) in [4.78, 5) is 26.7. The van der Waals surface area contributed by atoms with E-state index in [4.69, 9.17) is 13.8 Å². The van der Waals surface area contributed by atoms with Crippen LogP contribution in [0.15, 0.2) is 68.8 Å². The third-order valence-corrected chi connectivity index (χ3v) is 7.02. The highest BCUT2D eigenvalue weighted by atomic mass is 79.9. The molecule has 0 aliphatic rings. The van der Waals surface area contributed by atoms with Gasteiger partial charge in [-0.2, -0.15) is 0 Å². The predicted molar refractivity (Wildman–Crippen MR) is 122 cm³/mol. The largest absolute Gasteiger partial charge is 0.497 e. The number of methoxy groups -OCH3 is 1. The van der Waals surface area contributed by atoms with Gasteiger partial charge in [0.05, 0.1) is 31.7 Å². The summed E-state index contributed by atoms with van der Waals surface area (Å²) in [6.45, 7) is 3.43. The van der Waals surface area contributed by atoms with Crippen LogP contribution in [0.1, 0.15) is 13.8 Å². The van der Waals surface area contributed by atoms with Crippen LogP contribution in [-0.4, -0.2) is 29.5 Å². The third-order valence-electron chi connectivity index (χ3n) is 4.40. The molecule has 0 N–H and O–H groups in total. The van der Waals surface area contributed by atoms with Gasteiger partial charge in [-0.3, -0.25) is 13.9 Å². The highest BCUT2D eigenvalue weighted by Crippen LogP contribution is 2.45. The molecule has 0 aliphatic heterocycles. The topological polar surface area (TPSA) is 88.8 Å². The first kappa shape index (κ1) is 23.2. The van der Waals surface area contributed by atoms with Crippen LogP contribution in [-0.2, 0) is 13.6 Å². The maximum atomic E-state index is 13.5. The molecule has 3 aromatic rings. The molecule has 31 heavy (non-hydrogen) atoms. The molecule has 3 rings (SSSR count). The molecule has 0 saturated heterocycles. The Morgan fingerprint density at radius 1 is 0.903 bits per heavy atom. The van der Waals surface area contributed by atoms with E-state index in [1.807, 2.05) is 0 Å². The van der Waals surface area contributed by atoms with Crippen LogP contribution in [0.25, 0.3) is 11.4 Å². The van der Waals surface area contributed by atoms with E-state index in [-0.39, 0.29) is 18.5 Å². The molecular formula is C21H22BrN2O6P. The summed E-state index contributed by atoms with van der Waals surface area (Å²) < 4.78 is 32.4. The molecule has 0 atom stereocenters. The van der Waals surface area contributed by atoms with Crippen molar-refractivity contribution in [2.24, 2.45) is 0 Å². The van der Waals surface area contributed by atoms with Gasteiger partial charge in [0.15, 0.2) is 0 Å². The van der Waals surface area contributed by atoms with Crippen molar-refractivity contribution in [3.05, 3.63) is 80.0 Å². The van der Waals surface area contributed by atoms with Crippen LogP contribution in [0, 0.1) is 0 Å². The summed E-state index contributed by atoms with van der Waals surface area (Å²) >= 11 is 3.34. The zero-order chi connectivity index (χ0) is 22.6. The van der Waals surface area contributed by atoms with E-state index in [1.165, 1.54) is 17.9 Å². The monoisotopic (exact) mass is 508 g/mol. The van der Waals surface area contributed by atoms with Crippen molar-refractivity contribution in [2.45, 2.75) is 13.8 Å². The molecule has 10 heteroatoms. The van der Waals surface area contributed by atoms with E-state index in [0.717, 1.165) is 9.04 Å². The molecule has 0 fully saturated rings. The normalized spacial score (nSPS) is 11.5. The maximum Gasteiger partial charge on any atom is 0.368 e. The van der Waals surface area contributed by atoms with Crippen LogP contribution in [0.3, 0.4) is 0 Å². The van der Waals surface area contributed by atoms with Crippen molar-refractivity contribution in [3.63, 3.8) is 0 Å². The minimum Gasteiger partial charge on any atom is -0.497 e. The van der Waals surface area contributed by atoms with Crippen molar-refractivity contribution in [1.29, 1.82) is 0 Å². The standard InChI is InChI=1S/C21H22BrN2O6P/c1-4-29-31(27,30-5-2)19-14-23(16-10-12-18(28-3)13-11-16)21(26)24(20(19)25)17-8-6-15(22)7-9-17/h6-14H,4-5H2,1-3H3. The average Bonchev–Trinajstić information content (AvgIpc) is 2.75. The SMILES string of the molecule is CCOP(=O)(OCC)c1cn(-c2ccc(OC)cc2)c(=O)n(-c2ccc(Br)cc2)c1=O. The first-order chi connectivity index (χ1) is 14.8. The molecule has 0 radical (unpaired) electrons. The summed E-state index contributed by atoms with van der Waals surface area (Å²) in [7, 11) is -2.44. The highest BCUT2D eigenvalue weighted by Gasteiger charge is 2.33. The van der Waals surface area contributed by atoms with Crippen molar-refractivity contribution in [2.75, 3.05) is 20.3 Å². The molecule has 0 amide bonds. The van der Waals surface area contributed by atoms with E-state index < -0.39 is 18.8 Å². The Labute approximate surface area is 187 Å². The van der Waals surface area contributed by atoms with Crippen LogP contribution in [0.2, 0.25) is 0 Å². The van der Waals surface area contributed by atoms with E-state index in [0.29, 0.717) is 17.1 Å². The van der Waals surface area contributed by atoms with Crippen molar-refractivity contribution < 1.29 is 18.3 Å². The van der Waals surface area contributed by atoms with Gasteiger partial charge in [0.1, 0.15) is 11.1 Å². The fourth-order valence-electron chi connectivity index (χ4n) is 2.99. The van der Waals surface area contributed by atoms with Crippen LogP contribution in [0.4, 0.5) is 0 Å². The molecular weight excluding hydrogens is 487 g/mol. The van der Waals surface area contributed by atoms with Gasteiger partial charge in [-0.15, -0.1) is 0 Å². The lowest BCUT2D eigenvalue weighted by molar-refractivity contribution is 0.229. The molecule has 0 spiro atoms. The Bertz CT molecular complexity index is 1210. The molecule has 1 heterocycles. The number of benzene rings is 2. The minimum atomic E-state index is -3.98. The number of hydrogen-bond acceptors (Lipinski definition) is 6. The average molecular weight is 509 g/mol. The Morgan fingerprint density at radius 2 is 1.45 bits per heavy atom. The third kappa shape index (κ3) is 4.75. The number of nitrogens with zero attached hydrogens (tertiary/aromatic N) is 2. The lowest BCUT2D eigenvalue weighted by atomic mass is 10.3. The van der Waals surface area contributed by atoms with Crippen LogP contribution < -0.4 is 21.3 Å². The number of aromatic nitrogens is 2. The number of hydrogen-bond donors (Lipinski definition) is 0. The van der Waals surface area contributed by atoms with Gasteiger partial charge in [0.25, 0.3) is 5.56 Å². The second-order valence-electron chi connectivity index (χ2n) is 6.31. The van der Waals surface area contributed by atoms with Crippen molar-refractivity contribution >= 4 is 28.8 Å². The summed E-state index contributed by atoms with van der Waals surface area (Å²) in [6, 6.07) is 13.3. The van der Waals surface area contributed by atoms with Gasteiger partial charge in [-0.05, 0) is 62.4 Å². The summed E-state index contributed by atoms with van der Waals surface area (Å²) in [6.07, 6.45) is 1.23. The molecule has 1 aromatic heterocycles. The molecule has 0 bridgehead atoms. The molecule has 2 aromatic carbocycles. The van der Waals surface area contributed by atoms with Gasteiger partial charge in [-0.25, -0.2) is 9.36 Å². The first-order valence-corrected chi connectivity index (χ1v) is 11.9. The molecule has 0 unspecified atom stereocenters. The lowest BCUT2D eigenvalue weighted by Crippen LogP contribution is -2.46. The highest BCUT2D eigenvalue weighted by molar-refractivity contribution is 9.10. The van der Waals surface area contributed by atoms with Gasteiger partial charge in [-0.1, -0.05) is 15.9 Å². The number of ether oxygens (including phenoxy) is 1. The van der Waals surface area contributed by atoms with E-state index in [1.54, 1.807) is 62.4 Å². The quantitative estimate of drug-likeness (QED) is 0.431. The van der Waals surface area contributed by atoms with Crippen molar-refractivity contribution in [1.82, 2.24) is 9.13 Å². The summed E-state index contributed by atoms with van der Waals surface area (Å²) in [5.74, 6) is 0.604. The van der Waals surface area contributed by atoms with Gasteiger partial charge < -0.3 is 13.8 Å². The van der Waals surface area contributed by atoms with Gasteiger partial charge in [0.2, 0.25) is 0 Å². The van der Waals surface area contributed by atoms with Crippen LogP contribution in [0.5, 0.6) is 5.75 Å². The Kier molecular flexibility index (Phi) is 7.33. The summed E-state index contributed by atoms with van der Waals surface area (Å²) in [5.41, 5.74) is -0.609. The molecule has 0 saturated carbocycles. The fourth-order valence-corrected chi connectivity index (χ4v) is 4.88. The molecule has 0 aliphatic carbocycles. The second kappa shape index (κ2) is 9.78. The number of halogens is 1. The zero-order valence-corrected chi connectivity index (χ0v) is 19.8. The van der Waals surface area contributed by atoms with E-state index in [2.05, 4.69) is 15.9 Å². The molecule has 8 nitrogen and oxygen atoms in total. The maximum absolute atomic E-state index is 13.5. The zero-order valence-electron chi connectivity index (χ0n) is 17.3. The summed E-state index contributed by atoms with van der Waals surface area (Å²) in [5, 5.41) is -0.227. The lowest BCUT2D eigenvalue weighted by Gasteiger charge is -2.19. The van der Waals surface area contributed by atoms with E-state index >= 15 is 0 Å². The van der Waals surface area contributed by atoms with Gasteiger partial charge >= 0.3 is 13.3 Å². The fraction of sp³-hybridized carbons (Fsp3) is 0.238. The van der Waals surface area contributed by atoms with Crippen LogP contribution >= 0.6 is 23.5 Å². The Balaban J connectivity index is 2.37. The predicted octanol–water partition coefficient (Wildman–Crippen LogP) is 3.65. The Hall–Kier alpha value is -2.45. The van der Waals surface area contributed by atoms with Gasteiger partial charge in [0, 0.05) is 10.7 Å².